The van der Waals surface area contributed by atoms with E-state index in [4.69, 9.17) is 18.5 Å². The second kappa shape index (κ2) is 60.5. The molecule has 0 radical (unpaired) electrons. The van der Waals surface area contributed by atoms with Gasteiger partial charge in [0, 0.05) is 12.8 Å². The molecule has 9 nitrogen and oxygen atoms in total. The first-order chi connectivity index (χ1) is 39.0. The molecule has 0 N–H and O–H groups in total. The summed E-state index contributed by atoms with van der Waals surface area (Å²) in [5.74, 6) is -0.846. The van der Waals surface area contributed by atoms with E-state index in [-0.39, 0.29) is 32.0 Å². The lowest BCUT2D eigenvalue weighted by Gasteiger charge is -2.28. The van der Waals surface area contributed by atoms with E-state index in [0.29, 0.717) is 17.4 Å². The minimum atomic E-state index is -4.65. The number of quaternary nitrogens is 1. The van der Waals surface area contributed by atoms with Crippen molar-refractivity contribution in [3.8, 4) is 0 Å². The van der Waals surface area contributed by atoms with Crippen molar-refractivity contribution in [2.75, 3.05) is 47.5 Å². The topological polar surface area (TPSA) is 111 Å². The monoisotopic (exact) mass is 1140 g/mol. The van der Waals surface area contributed by atoms with Crippen molar-refractivity contribution < 1.29 is 42.1 Å². The van der Waals surface area contributed by atoms with Gasteiger partial charge in [0.05, 0.1) is 27.7 Å². The minimum absolute atomic E-state index is 0.0376. The first-order valence-corrected chi connectivity index (χ1v) is 34.4. The Kier molecular flexibility index (Phi) is 58.2. The van der Waals surface area contributed by atoms with Gasteiger partial charge in [0.25, 0.3) is 7.82 Å². The molecule has 0 aliphatic carbocycles. The van der Waals surface area contributed by atoms with Gasteiger partial charge in [-0.2, -0.15) is 0 Å². The van der Waals surface area contributed by atoms with Crippen molar-refractivity contribution in [1.82, 2.24) is 0 Å². The number of esters is 2. The average molecular weight is 1140 g/mol. The average Bonchev–Trinajstić information content (AvgIpc) is 3.42. The summed E-state index contributed by atoms with van der Waals surface area (Å²) in [4.78, 5) is 38.0. The van der Waals surface area contributed by atoms with E-state index in [1.54, 1.807) is 0 Å². The van der Waals surface area contributed by atoms with Crippen molar-refractivity contribution in [2.24, 2.45) is 0 Å². The number of hydrogen-bond donors (Lipinski definition) is 0. The SMILES string of the molecule is CC/C=C\C/C=C\C/C=C\C/C=C\C/C=C\C/C=C\CCCCCCCCC(=O)OC(COC(=O)CCCCCCCCCCCCCCCCCCCCC/C=C\C/C=C\CCCCCCC)COP(=O)([O-])OCC[N+](C)(C)C. The van der Waals surface area contributed by atoms with Crippen molar-refractivity contribution in [3.05, 3.63) is 97.2 Å². The Bertz CT molecular complexity index is 1670. The van der Waals surface area contributed by atoms with Gasteiger partial charge in [-0.3, -0.25) is 14.2 Å². The predicted octanol–water partition coefficient (Wildman–Crippen LogP) is 20.5. The summed E-state index contributed by atoms with van der Waals surface area (Å²) in [6.45, 7) is 4.12. The molecule has 2 atom stereocenters. The summed E-state index contributed by atoms with van der Waals surface area (Å²) in [7, 11) is 1.15. The third kappa shape index (κ3) is 64.1. The van der Waals surface area contributed by atoms with Crippen LogP contribution in [-0.4, -0.2) is 70.0 Å². The molecule has 0 spiro atoms. The molecule has 0 rings (SSSR count). The smallest absolute Gasteiger partial charge is 0.306 e. The van der Waals surface area contributed by atoms with Crippen molar-refractivity contribution in [3.63, 3.8) is 0 Å². The highest BCUT2D eigenvalue weighted by atomic mass is 31.2. The van der Waals surface area contributed by atoms with E-state index in [0.717, 1.165) is 103 Å². The number of ether oxygens (including phenoxy) is 2. The van der Waals surface area contributed by atoms with Crippen molar-refractivity contribution >= 4 is 19.8 Å². The molecule has 10 heteroatoms. The number of nitrogens with zero attached hydrogens (tertiary/aromatic N) is 1. The lowest BCUT2D eigenvalue weighted by molar-refractivity contribution is -0.870. The molecule has 0 fully saturated rings. The molecule has 0 aromatic carbocycles. The van der Waals surface area contributed by atoms with Crippen LogP contribution in [0.5, 0.6) is 0 Å². The Hall–Kier alpha value is -3.07. The second-order valence-corrected chi connectivity index (χ2v) is 24.5. The van der Waals surface area contributed by atoms with Crippen LogP contribution in [0.1, 0.15) is 284 Å². The van der Waals surface area contributed by atoms with Crippen LogP contribution in [0, 0.1) is 0 Å². The highest BCUT2D eigenvalue weighted by Crippen LogP contribution is 2.38. The Labute approximate surface area is 493 Å². The first kappa shape index (κ1) is 76.9. The summed E-state index contributed by atoms with van der Waals surface area (Å²) in [6, 6.07) is 0. The van der Waals surface area contributed by atoms with Gasteiger partial charge in [-0.25, -0.2) is 0 Å². The summed E-state index contributed by atoms with van der Waals surface area (Å²) < 4.78 is 34.2. The summed E-state index contributed by atoms with van der Waals surface area (Å²) in [5.41, 5.74) is 0. The molecule has 2 unspecified atom stereocenters. The number of rotatable bonds is 60. The number of hydrogen-bond acceptors (Lipinski definition) is 8. The van der Waals surface area contributed by atoms with E-state index in [2.05, 4.69) is 111 Å². The van der Waals surface area contributed by atoms with E-state index in [1.165, 1.54) is 148 Å². The third-order valence-electron chi connectivity index (χ3n) is 14.1. The number of phosphoric acid groups is 1. The molecule has 0 aliphatic rings. The Morgan fingerprint density at radius 2 is 0.713 bits per heavy atom. The number of carbonyl (C=O) groups is 2. The summed E-state index contributed by atoms with van der Waals surface area (Å²) >= 11 is 0. The number of phosphoric ester groups is 1. The Morgan fingerprint density at radius 1 is 0.400 bits per heavy atom. The minimum Gasteiger partial charge on any atom is -0.756 e. The van der Waals surface area contributed by atoms with Gasteiger partial charge in [-0.1, -0.05) is 272 Å². The molecular formula is C70H124NO8P. The number of likely N-dealkylation sites (N-methyl/N-ethyl adjacent to an activating group) is 1. The van der Waals surface area contributed by atoms with Crippen LogP contribution in [0.3, 0.4) is 0 Å². The van der Waals surface area contributed by atoms with Gasteiger partial charge < -0.3 is 27.9 Å². The number of unbranched alkanes of at least 4 members (excludes halogenated alkanes) is 30. The van der Waals surface area contributed by atoms with Gasteiger partial charge >= 0.3 is 11.9 Å². The van der Waals surface area contributed by atoms with E-state index in [1.807, 2.05) is 21.1 Å². The maximum atomic E-state index is 12.8. The van der Waals surface area contributed by atoms with Crippen LogP contribution >= 0.6 is 7.82 Å². The number of carbonyl (C=O) groups excluding carboxylic acids is 2. The van der Waals surface area contributed by atoms with Gasteiger partial charge in [-0.05, 0) is 96.3 Å². The first-order valence-electron chi connectivity index (χ1n) is 32.9. The molecular weight excluding hydrogens is 1010 g/mol. The molecule has 0 saturated heterocycles. The molecule has 0 aromatic heterocycles. The zero-order chi connectivity index (χ0) is 58.4. The quantitative estimate of drug-likeness (QED) is 0.0195. The molecule has 0 saturated carbocycles. The molecule has 80 heavy (non-hydrogen) atoms. The fraction of sp³-hybridized carbons (Fsp3) is 0.743. The zero-order valence-electron chi connectivity index (χ0n) is 52.5. The van der Waals surface area contributed by atoms with Gasteiger partial charge in [0.1, 0.15) is 19.8 Å². The Balaban J connectivity index is 4.10. The van der Waals surface area contributed by atoms with E-state index < -0.39 is 26.5 Å². The molecule has 0 aromatic rings. The standard InChI is InChI=1S/C70H124NO8P/c1-6-8-10-12-14-16-18-20-22-24-26-28-30-32-33-34-35-36-37-39-40-42-44-46-48-50-52-54-56-58-60-62-69(72)76-66-68(67-78-80(74,75)77-65-64-71(3,4)5)79-70(73)63-61-59-57-55-53-51-49-47-45-43-41-38-31-29-27-25-23-21-19-17-15-13-11-9-7-2/h9,11,15,17-18,20-21,23-24,26-27,29,38,41,45,47,68H,6-8,10,12-14,16,19,22,25,28,30-37,39-40,42-44,46,48-67H2,1-5H3/b11-9-,17-15-,20-18-,23-21-,26-24-,29-27-,41-38-,47-45-. The molecule has 462 valence electrons. The fourth-order valence-electron chi connectivity index (χ4n) is 9.04. The van der Waals surface area contributed by atoms with Crippen molar-refractivity contribution in [1.29, 1.82) is 0 Å². The lowest BCUT2D eigenvalue weighted by atomic mass is 10.0. The number of allylic oxidation sites excluding steroid dienone is 16. The van der Waals surface area contributed by atoms with Crippen LogP contribution in [0.25, 0.3) is 0 Å². The van der Waals surface area contributed by atoms with E-state index >= 15 is 0 Å². The van der Waals surface area contributed by atoms with Crippen LogP contribution in [-0.2, 0) is 32.7 Å². The maximum absolute atomic E-state index is 12.8. The van der Waals surface area contributed by atoms with Crippen LogP contribution in [0.4, 0.5) is 0 Å². The predicted molar refractivity (Wildman–Crippen MR) is 342 cm³/mol. The molecule has 0 amide bonds. The van der Waals surface area contributed by atoms with Crippen LogP contribution in [0.15, 0.2) is 97.2 Å². The van der Waals surface area contributed by atoms with Crippen LogP contribution in [0.2, 0.25) is 0 Å². The summed E-state index contributed by atoms with van der Waals surface area (Å²) in [6.07, 6.45) is 83.3. The lowest BCUT2D eigenvalue weighted by Crippen LogP contribution is -2.37. The summed E-state index contributed by atoms with van der Waals surface area (Å²) in [5, 5.41) is 0. The second-order valence-electron chi connectivity index (χ2n) is 23.1. The van der Waals surface area contributed by atoms with Crippen molar-refractivity contribution in [2.45, 2.75) is 290 Å². The Morgan fingerprint density at radius 3 is 1.06 bits per heavy atom. The van der Waals surface area contributed by atoms with Gasteiger partial charge in [0.15, 0.2) is 6.10 Å². The largest absolute Gasteiger partial charge is 0.756 e. The van der Waals surface area contributed by atoms with E-state index in [9.17, 15) is 19.0 Å². The van der Waals surface area contributed by atoms with Gasteiger partial charge in [-0.15, -0.1) is 0 Å². The molecule has 0 aliphatic heterocycles. The highest BCUT2D eigenvalue weighted by molar-refractivity contribution is 7.45. The zero-order valence-corrected chi connectivity index (χ0v) is 53.4. The molecule has 0 heterocycles. The molecule has 0 bridgehead atoms. The van der Waals surface area contributed by atoms with Gasteiger partial charge in [0.2, 0.25) is 0 Å². The highest BCUT2D eigenvalue weighted by Gasteiger charge is 2.22. The maximum Gasteiger partial charge on any atom is 0.306 e. The van der Waals surface area contributed by atoms with Crippen LogP contribution < -0.4 is 4.89 Å². The normalized spacial score (nSPS) is 13.8. The third-order valence-corrected chi connectivity index (χ3v) is 15.1. The fourth-order valence-corrected chi connectivity index (χ4v) is 9.77.